The van der Waals surface area contributed by atoms with E-state index in [0.29, 0.717) is 12.0 Å². The van der Waals surface area contributed by atoms with E-state index in [1.54, 1.807) is 38.1 Å². The fourth-order valence-electron chi connectivity index (χ4n) is 4.38. The molecule has 6 heteroatoms. The Hall–Kier alpha value is -1.50. The van der Waals surface area contributed by atoms with Gasteiger partial charge in [0.1, 0.15) is 0 Å². The quantitative estimate of drug-likeness (QED) is 0.232. The van der Waals surface area contributed by atoms with Crippen molar-refractivity contribution in [3.05, 3.63) is 35.9 Å². The van der Waals surface area contributed by atoms with Crippen molar-refractivity contribution in [1.82, 2.24) is 0 Å². The Bertz CT molecular complexity index is 746. The van der Waals surface area contributed by atoms with E-state index in [0.717, 1.165) is 24.6 Å². The standard InChI is InChI=1S/C28H48O5Si/c1-10-34(11-2,12-3)33-25(28(7,8)9)19-20(4)18-24(29)21(5)26(30)22(6)32-27(31)23-16-14-13-15-17-23/h13-17,20-22,24-25,29H,10-12,18-19H2,1-9H3/t20-,21-,22+,24-,25-/m0/s1. The number of hydrogen-bond acceptors (Lipinski definition) is 5. The molecule has 0 aliphatic rings. The second-order valence-corrected chi connectivity index (χ2v) is 15.7. The third-order valence-corrected chi connectivity index (χ3v) is 11.9. The molecule has 0 saturated heterocycles. The molecule has 0 unspecified atom stereocenters. The zero-order valence-electron chi connectivity index (χ0n) is 22.9. The van der Waals surface area contributed by atoms with Gasteiger partial charge in [0, 0.05) is 5.92 Å². The maximum absolute atomic E-state index is 12.9. The lowest BCUT2D eigenvalue weighted by molar-refractivity contribution is -0.134. The lowest BCUT2D eigenvalue weighted by atomic mass is 9.81. The van der Waals surface area contributed by atoms with E-state index >= 15 is 0 Å². The highest BCUT2D eigenvalue weighted by Crippen LogP contribution is 2.35. The third-order valence-electron chi connectivity index (χ3n) is 7.27. The minimum atomic E-state index is -1.76. The van der Waals surface area contributed by atoms with Crippen LogP contribution in [0.3, 0.4) is 0 Å². The number of Topliss-reactive ketones (excluding diaryl/α,β-unsaturated/α-hetero) is 1. The summed E-state index contributed by atoms with van der Waals surface area (Å²) in [5, 5.41) is 10.9. The summed E-state index contributed by atoms with van der Waals surface area (Å²) in [6, 6.07) is 11.9. The van der Waals surface area contributed by atoms with E-state index in [9.17, 15) is 14.7 Å². The summed E-state index contributed by atoms with van der Waals surface area (Å²) in [6.45, 7) is 18.8. The highest BCUT2D eigenvalue weighted by molar-refractivity contribution is 6.73. The summed E-state index contributed by atoms with van der Waals surface area (Å²) in [5.74, 6) is -1.22. The van der Waals surface area contributed by atoms with Crippen LogP contribution >= 0.6 is 0 Å². The third kappa shape index (κ3) is 8.93. The largest absolute Gasteiger partial charge is 0.451 e. The minimum Gasteiger partial charge on any atom is -0.451 e. The molecule has 0 heterocycles. The van der Waals surface area contributed by atoms with Gasteiger partial charge in [0.05, 0.1) is 17.8 Å². The van der Waals surface area contributed by atoms with E-state index in [-0.39, 0.29) is 23.2 Å². The molecule has 1 N–H and O–H groups in total. The summed E-state index contributed by atoms with van der Waals surface area (Å²) in [5.41, 5.74) is 0.404. The molecule has 0 radical (unpaired) electrons. The molecule has 5 atom stereocenters. The molecule has 5 nitrogen and oxygen atoms in total. The van der Waals surface area contributed by atoms with Crippen LogP contribution in [-0.2, 0) is 14.0 Å². The van der Waals surface area contributed by atoms with Crippen LogP contribution in [0.2, 0.25) is 18.1 Å². The van der Waals surface area contributed by atoms with Gasteiger partial charge in [0.15, 0.2) is 20.2 Å². The van der Waals surface area contributed by atoms with Crippen LogP contribution in [-0.4, -0.2) is 43.5 Å². The molecule has 0 aromatic heterocycles. The molecule has 34 heavy (non-hydrogen) atoms. The molecule has 0 aliphatic heterocycles. The van der Waals surface area contributed by atoms with E-state index in [2.05, 4.69) is 48.5 Å². The highest BCUT2D eigenvalue weighted by Gasteiger charge is 2.38. The first-order chi connectivity index (χ1) is 15.8. The number of esters is 1. The summed E-state index contributed by atoms with van der Waals surface area (Å²) in [7, 11) is -1.76. The van der Waals surface area contributed by atoms with Gasteiger partial charge in [0.2, 0.25) is 0 Å². The first kappa shape index (κ1) is 30.5. The average molecular weight is 493 g/mol. The monoisotopic (exact) mass is 492 g/mol. The molecule has 0 fully saturated rings. The van der Waals surface area contributed by atoms with E-state index in [1.807, 2.05) is 6.07 Å². The number of carbonyl (C=O) groups excluding carboxylic acids is 2. The van der Waals surface area contributed by atoms with Crippen molar-refractivity contribution in [3.63, 3.8) is 0 Å². The number of aliphatic hydroxyl groups is 1. The molecule has 0 spiro atoms. The molecule has 0 aliphatic carbocycles. The van der Waals surface area contributed by atoms with Crippen LogP contribution < -0.4 is 0 Å². The topological polar surface area (TPSA) is 72.8 Å². The zero-order chi connectivity index (χ0) is 26.1. The lowest BCUT2D eigenvalue weighted by Gasteiger charge is -2.41. The van der Waals surface area contributed by atoms with Gasteiger partial charge in [-0.25, -0.2) is 4.79 Å². The van der Waals surface area contributed by atoms with Crippen LogP contribution in [0.4, 0.5) is 0 Å². The molecular weight excluding hydrogens is 444 g/mol. The first-order valence-corrected chi connectivity index (χ1v) is 15.5. The predicted octanol–water partition coefficient (Wildman–Crippen LogP) is 6.65. The number of aliphatic hydroxyl groups excluding tert-OH is 1. The van der Waals surface area contributed by atoms with Gasteiger partial charge in [-0.3, -0.25) is 4.79 Å². The SMILES string of the molecule is CC[Si](CC)(CC)O[C@@H](C[C@@H](C)C[C@H](O)[C@H](C)C(=O)[C@@H](C)OC(=O)c1ccccc1)C(C)(C)C. The molecule has 0 bridgehead atoms. The lowest BCUT2D eigenvalue weighted by Crippen LogP contribution is -2.45. The summed E-state index contributed by atoms with van der Waals surface area (Å²) >= 11 is 0. The van der Waals surface area contributed by atoms with Crippen molar-refractivity contribution in [1.29, 1.82) is 0 Å². The number of benzene rings is 1. The fourth-order valence-corrected chi connectivity index (χ4v) is 7.43. The van der Waals surface area contributed by atoms with Crippen LogP contribution in [0.15, 0.2) is 30.3 Å². The number of ether oxygens (including phenoxy) is 1. The van der Waals surface area contributed by atoms with Crippen molar-refractivity contribution >= 4 is 20.1 Å². The summed E-state index contributed by atoms with van der Waals surface area (Å²) in [4.78, 5) is 25.1. The number of hydrogen-bond donors (Lipinski definition) is 1. The predicted molar refractivity (Wildman–Crippen MR) is 141 cm³/mol. The Morgan fingerprint density at radius 1 is 0.941 bits per heavy atom. The number of rotatable bonds is 14. The average Bonchev–Trinajstić information content (AvgIpc) is 2.80. The van der Waals surface area contributed by atoms with Crippen molar-refractivity contribution in [2.75, 3.05) is 0 Å². The second kappa shape index (κ2) is 13.5. The molecule has 1 rings (SSSR count). The second-order valence-electron chi connectivity index (χ2n) is 11.0. The van der Waals surface area contributed by atoms with Crippen LogP contribution in [0.1, 0.15) is 85.5 Å². The van der Waals surface area contributed by atoms with Crippen molar-refractivity contribution in [2.24, 2.45) is 17.3 Å². The maximum atomic E-state index is 12.9. The Kier molecular flexibility index (Phi) is 12.2. The minimum absolute atomic E-state index is 0.00143. The molecular formula is C28H48O5Si. The summed E-state index contributed by atoms with van der Waals surface area (Å²) in [6.07, 6.45) is -0.260. The molecule has 194 valence electrons. The van der Waals surface area contributed by atoms with Gasteiger partial charge in [-0.1, -0.05) is 73.6 Å². The normalized spacial score (nSPS) is 16.9. The Morgan fingerprint density at radius 2 is 1.47 bits per heavy atom. The maximum Gasteiger partial charge on any atom is 0.338 e. The van der Waals surface area contributed by atoms with Crippen LogP contribution in [0.5, 0.6) is 0 Å². The van der Waals surface area contributed by atoms with Crippen molar-refractivity contribution in [3.8, 4) is 0 Å². The molecule has 1 aromatic rings. The first-order valence-electron chi connectivity index (χ1n) is 13.0. The van der Waals surface area contributed by atoms with Gasteiger partial charge in [-0.2, -0.15) is 0 Å². The number of ketones is 1. The van der Waals surface area contributed by atoms with Crippen LogP contribution in [0.25, 0.3) is 0 Å². The van der Waals surface area contributed by atoms with Crippen molar-refractivity contribution in [2.45, 2.75) is 112 Å². The summed E-state index contributed by atoms with van der Waals surface area (Å²) < 4.78 is 12.2. The molecule has 0 amide bonds. The van der Waals surface area contributed by atoms with E-state index in [1.165, 1.54) is 0 Å². The van der Waals surface area contributed by atoms with Crippen LogP contribution in [0, 0.1) is 17.3 Å². The highest BCUT2D eigenvalue weighted by atomic mass is 28.4. The van der Waals surface area contributed by atoms with E-state index < -0.39 is 32.4 Å². The molecule has 0 saturated carbocycles. The van der Waals surface area contributed by atoms with Gasteiger partial charge in [-0.15, -0.1) is 0 Å². The smallest absolute Gasteiger partial charge is 0.338 e. The molecule has 1 aromatic carbocycles. The van der Waals surface area contributed by atoms with Gasteiger partial charge in [-0.05, 0) is 61.4 Å². The van der Waals surface area contributed by atoms with Crippen molar-refractivity contribution < 1.29 is 23.9 Å². The van der Waals surface area contributed by atoms with Gasteiger partial charge >= 0.3 is 5.97 Å². The van der Waals surface area contributed by atoms with Gasteiger partial charge < -0.3 is 14.3 Å². The fraction of sp³-hybridized carbons (Fsp3) is 0.714. The van der Waals surface area contributed by atoms with Gasteiger partial charge in [0.25, 0.3) is 0 Å². The zero-order valence-corrected chi connectivity index (χ0v) is 23.9. The Balaban J connectivity index is 2.75. The Labute approximate surface area is 208 Å². The van der Waals surface area contributed by atoms with E-state index in [4.69, 9.17) is 9.16 Å². The number of carbonyl (C=O) groups is 2. The Morgan fingerprint density at radius 3 is 1.94 bits per heavy atom.